The molecule has 9 heteroatoms. The largest absolute Gasteiger partial charge is 0.481 e. The van der Waals surface area contributed by atoms with E-state index in [-0.39, 0.29) is 23.6 Å². The van der Waals surface area contributed by atoms with Gasteiger partial charge >= 0.3 is 5.97 Å². The highest BCUT2D eigenvalue weighted by Crippen LogP contribution is 2.25. The van der Waals surface area contributed by atoms with Crippen LogP contribution in [-0.4, -0.2) is 31.0 Å². The van der Waals surface area contributed by atoms with Gasteiger partial charge in [-0.2, -0.15) is 0 Å². The lowest BCUT2D eigenvalue weighted by atomic mass is 10.2. The van der Waals surface area contributed by atoms with Crippen molar-refractivity contribution in [1.29, 1.82) is 0 Å². The van der Waals surface area contributed by atoms with Gasteiger partial charge in [0, 0.05) is 18.6 Å². The molecule has 1 heterocycles. The number of nitro groups is 1. The van der Waals surface area contributed by atoms with Crippen LogP contribution >= 0.6 is 11.6 Å². The van der Waals surface area contributed by atoms with E-state index < -0.39 is 10.9 Å². The third kappa shape index (κ3) is 3.09. The molecular formula is C11H9ClN4O4. The van der Waals surface area contributed by atoms with Gasteiger partial charge in [0.25, 0.3) is 5.69 Å². The summed E-state index contributed by atoms with van der Waals surface area (Å²) in [5.41, 5.74) is 0.818. The molecule has 0 aliphatic carbocycles. The number of halogens is 1. The average Bonchev–Trinajstić information content (AvgIpc) is 2.84. The summed E-state index contributed by atoms with van der Waals surface area (Å²) in [7, 11) is 0. The smallest absolute Gasteiger partial charge is 0.303 e. The minimum Gasteiger partial charge on any atom is -0.481 e. The standard InChI is InChI=1S/C11H9ClN4O4/c12-9-5-8(16(19)20)2-3-10(9)15-6-7(13-14-15)1-4-11(17)18/h2-3,5-6H,1,4H2,(H,17,18). The van der Waals surface area contributed by atoms with Crippen LogP contribution in [0.4, 0.5) is 5.69 Å². The number of rotatable bonds is 5. The van der Waals surface area contributed by atoms with Gasteiger partial charge in [-0.15, -0.1) is 5.10 Å². The highest BCUT2D eigenvalue weighted by Gasteiger charge is 2.12. The van der Waals surface area contributed by atoms with Gasteiger partial charge in [0.15, 0.2) is 0 Å². The van der Waals surface area contributed by atoms with E-state index in [1.807, 2.05) is 0 Å². The fourth-order valence-corrected chi connectivity index (χ4v) is 1.82. The number of hydrogen-bond acceptors (Lipinski definition) is 5. The summed E-state index contributed by atoms with van der Waals surface area (Å²) in [5, 5.41) is 27.0. The maximum atomic E-state index is 10.6. The van der Waals surface area contributed by atoms with E-state index in [2.05, 4.69) is 10.3 Å². The highest BCUT2D eigenvalue weighted by atomic mass is 35.5. The van der Waals surface area contributed by atoms with Crippen LogP contribution < -0.4 is 0 Å². The van der Waals surface area contributed by atoms with Gasteiger partial charge in [-0.05, 0) is 6.07 Å². The Hall–Kier alpha value is -2.48. The first kappa shape index (κ1) is 13.9. The van der Waals surface area contributed by atoms with Crippen molar-refractivity contribution in [3.05, 3.63) is 45.2 Å². The minimum atomic E-state index is -0.923. The van der Waals surface area contributed by atoms with Crippen LogP contribution in [0.1, 0.15) is 12.1 Å². The van der Waals surface area contributed by atoms with Crippen molar-refractivity contribution >= 4 is 23.3 Å². The van der Waals surface area contributed by atoms with E-state index in [0.29, 0.717) is 11.4 Å². The number of aromatic nitrogens is 3. The molecule has 0 saturated carbocycles. The van der Waals surface area contributed by atoms with Crippen molar-refractivity contribution in [2.75, 3.05) is 0 Å². The average molecular weight is 297 g/mol. The Bertz CT molecular complexity index is 670. The lowest BCUT2D eigenvalue weighted by Gasteiger charge is -2.02. The number of nitrogens with zero attached hydrogens (tertiary/aromatic N) is 4. The fraction of sp³-hybridized carbons (Fsp3) is 0.182. The summed E-state index contributed by atoms with van der Waals surface area (Å²) in [5.74, 6) is -0.923. The van der Waals surface area contributed by atoms with Crippen LogP contribution in [0.15, 0.2) is 24.4 Å². The Morgan fingerprint density at radius 3 is 2.85 bits per heavy atom. The third-order valence-corrected chi connectivity index (χ3v) is 2.83. The predicted octanol–water partition coefficient (Wildman–Crippen LogP) is 1.85. The van der Waals surface area contributed by atoms with E-state index in [4.69, 9.17) is 16.7 Å². The number of nitro benzene ring substituents is 1. The summed E-state index contributed by atoms with van der Waals surface area (Å²) in [4.78, 5) is 20.5. The number of carboxylic acids is 1. The SMILES string of the molecule is O=C(O)CCc1cn(-c2ccc([N+](=O)[O-])cc2Cl)nn1. The predicted molar refractivity (Wildman–Crippen MR) is 69.0 cm³/mol. The molecule has 8 nitrogen and oxygen atoms in total. The highest BCUT2D eigenvalue weighted by molar-refractivity contribution is 6.32. The van der Waals surface area contributed by atoms with E-state index in [9.17, 15) is 14.9 Å². The second kappa shape index (κ2) is 5.66. The molecule has 20 heavy (non-hydrogen) atoms. The van der Waals surface area contributed by atoms with E-state index in [1.165, 1.54) is 29.1 Å². The second-order valence-corrected chi connectivity index (χ2v) is 4.35. The molecule has 0 saturated heterocycles. The van der Waals surface area contributed by atoms with Gasteiger partial charge in [0.05, 0.1) is 33.9 Å². The third-order valence-electron chi connectivity index (χ3n) is 2.52. The molecule has 1 aromatic heterocycles. The molecule has 1 N–H and O–H groups in total. The van der Waals surface area contributed by atoms with Crippen LogP contribution in [0, 0.1) is 10.1 Å². The number of hydrogen-bond donors (Lipinski definition) is 1. The Morgan fingerprint density at radius 1 is 1.50 bits per heavy atom. The zero-order valence-corrected chi connectivity index (χ0v) is 10.8. The molecule has 104 valence electrons. The number of carboxylic acid groups (broad SMARTS) is 1. The molecule has 0 aliphatic rings. The lowest BCUT2D eigenvalue weighted by molar-refractivity contribution is -0.384. The monoisotopic (exact) mass is 296 g/mol. The summed E-state index contributed by atoms with van der Waals surface area (Å²) < 4.78 is 1.35. The van der Waals surface area contributed by atoms with E-state index in [0.717, 1.165) is 0 Å². The molecule has 0 amide bonds. The Morgan fingerprint density at radius 2 is 2.25 bits per heavy atom. The van der Waals surface area contributed by atoms with Gasteiger partial charge in [-0.3, -0.25) is 14.9 Å². The zero-order chi connectivity index (χ0) is 14.7. The first-order chi connectivity index (χ1) is 9.47. The van der Waals surface area contributed by atoms with Crippen molar-refractivity contribution in [2.24, 2.45) is 0 Å². The van der Waals surface area contributed by atoms with Crippen LogP contribution in [0.25, 0.3) is 5.69 Å². The van der Waals surface area contributed by atoms with Crippen LogP contribution in [-0.2, 0) is 11.2 Å². The van der Waals surface area contributed by atoms with Crippen molar-refractivity contribution in [2.45, 2.75) is 12.8 Å². The normalized spacial score (nSPS) is 10.4. The van der Waals surface area contributed by atoms with Gasteiger partial charge in [-0.25, -0.2) is 4.68 Å². The number of non-ortho nitro benzene ring substituents is 1. The Kier molecular flexibility index (Phi) is 3.94. The maximum absolute atomic E-state index is 10.6. The Balaban J connectivity index is 2.23. The molecular weight excluding hydrogens is 288 g/mol. The summed E-state index contributed by atoms with van der Waals surface area (Å²) in [6.07, 6.45) is 1.74. The number of aryl methyl sites for hydroxylation is 1. The molecule has 1 aromatic carbocycles. The van der Waals surface area contributed by atoms with Crippen LogP contribution in [0.3, 0.4) is 0 Å². The maximum Gasteiger partial charge on any atom is 0.303 e. The molecule has 0 unspecified atom stereocenters. The number of carbonyl (C=O) groups is 1. The Labute approximate surface area is 117 Å². The van der Waals surface area contributed by atoms with Crippen molar-refractivity contribution < 1.29 is 14.8 Å². The molecule has 0 spiro atoms. The summed E-state index contributed by atoms with van der Waals surface area (Å²) in [6.45, 7) is 0. The quantitative estimate of drug-likeness (QED) is 0.665. The van der Waals surface area contributed by atoms with Gasteiger partial charge in [-0.1, -0.05) is 16.8 Å². The first-order valence-electron chi connectivity index (χ1n) is 5.54. The lowest BCUT2D eigenvalue weighted by Crippen LogP contribution is -1.98. The van der Waals surface area contributed by atoms with Crippen molar-refractivity contribution in [1.82, 2.24) is 15.0 Å². The summed E-state index contributed by atoms with van der Waals surface area (Å²) in [6, 6.07) is 3.98. The van der Waals surface area contributed by atoms with Crippen LogP contribution in [0.2, 0.25) is 5.02 Å². The molecule has 0 fully saturated rings. The second-order valence-electron chi connectivity index (χ2n) is 3.94. The molecule has 2 rings (SSSR count). The van der Waals surface area contributed by atoms with Gasteiger partial charge in [0.2, 0.25) is 0 Å². The summed E-state index contributed by atoms with van der Waals surface area (Å²) >= 11 is 5.96. The molecule has 2 aromatic rings. The zero-order valence-electron chi connectivity index (χ0n) is 10.1. The topological polar surface area (TPSA) is 111 Å². The van der Waals surface area contributed by atoms with Gasteiger partial charge < -0.3 is 5.11 Å². The van der Waals surface area contributed by atoms with E-state index >= 15 is 0 Å². The molecule has 0 atom stereocenters. The minimum absolute atomic E-state index is 0.0489. The molecule has 0 aliphatic heterocycles. The van der Waals surface area contributed by atoms with Gasteiger partial charge in [0.1, 0.15) is 0 Å². The number of aliphatic carboxylic acids is 1. The molecule has 0 bridgehead atoms. The number of benzene rings is 1. The fourth-order valence-electron chi connectivity index (χ4n) is 1.56. The van der Waals surface area contributed by atoms with Crippen molar-refractivity contribution in [3.8, 4) is 5.69 Å². The van der Waals surface area contributed by atoms with Crippen LogP contribution in [0.5, 0.6) is 0 Å². The first-order valence-corrected chi connectivity index (χ1v) is 5.92. The molecule has 0 radical (unpaired) electrons. The van der Waals surface area contributed by atoms with E-state index in [1.54, 1.807) is 0 Å². The van der Waals surface area contributed by atoms with Crippen molar-refractivity contribution in [3.63, 3.8) is 0 Å².